The van der Waals surface area contributed by atoms with Gasteiger partial charge in [-0.15, -0.1) is 0 Å². The Kier molecular flexibility index (Phi) is 3.77. The molecular formula is C14H13F2NO. The molecule has 18 heavy (non-hydrogen) atoms. The van der Waals surface area contributed by atoms with Gasteiger partial charge >= 0.3 is 0 Å². The maximum atomic E-state index is 13.4. The highest BCUT2D eigenvalue weighted by Crippen LogP contribution is 2.19. The molecule has 1 N–H and O–H groups in total. The molecule has 0 spiro atoms. The predicted octanol–water partition coefficient (Wildman–Crippen LogP) is 3.59. The average Bonchev–Trinajstić information content (AvgIpc) is 2.38. The van der Waals surface area contributed by atoms with Crippen molar-refractivity contribution in [2.24, 2.45) is 0 Å². The van der Waals surface area contributed by atoms with Gasteiger partial charge in [0, 0.05) is 23.9 Å². The van der Waals surface area contributed by atoms with Crippen LogP contribution in [0.4, 0.5) is 14.5 Å². The molecule has 0 aliphatic carbocycles. The average molecular weight is 249 g/mol. The molecule has 0 aliphatic rings. The lowest BCUT2D eigenvalue weighted by Gasteiger charge is -2.09. The van der Waals surface area contributed by atoms with E-state index in [2.05, 4.69) is 5.32 Å². The van der Waals surface area contributed by atoms with E-state index in [-0.39, 0.29) is 12.1 Å². The standard InChI is InChI=1S/C14H13F2NO/c1-18-11-5-2-4-10(8-11)17-9-12-13(15)6-3-7-14(12)16/h2-8,17H,9H2,1H3. The molecular weight excluding hydrogens is 236 g/mol. The van der Waals surface area contributed by atoms with Crippen molar-refractivity contribution in [1.82, 2.24) is 0 Å². The van der Waals surface area contributed by atoms with E-state index < -0.39 is 11.6 Å². The van der Waals surface area contributed by atoms with Crippen LogP contribution < -0.4 is 10.1 Å². The molecule has 0 fully saturated rings. The number of halogens is 2. The van der Waals surface area contributed by atoms with Gasteiger partial charge in [-0.1, -0.05) is 12.1 Å². The predicted molar refractivity (Wildman–Crippen MR) is 66.7 cm³/mol. The van der Waals surface area contributed by atoms with Crippen molar-refractivity contribution < 1.29 is 13.5 Å². The summed E-state index contributed by atoms with van der Waals surface area (Å²) in [5.41, 5.74) is 0.775. The largest absolute Gasteiger partial charge is 0.497 e. The van der Waals surface area contributed by atoms with Crippen LogP contribution in [0.5, 0.6) is 5.75 Å². The van der Waals surface area contributed by atoms with Gasteiger partial charge in [0.25, 0.3) is 0 Å². The third kappa shape index (κ3) is 2.77. The molecule has 0 unspecified atom stereocenters. The molecule has 2 aromatic rings. The molecule has 0 heterocycles. The molecule has 2 nitrogen and oxygen atoms in total. The second-order valence-electron chi connectivity index (χ2n) is 3.79. The minimum Gasteiger partial charge on any atom is -0.497 e. The SMILES string of the molecule is COc1cccc(NCc2c(F)cccc2F)c1. The number of hydrogen-bond acceptors (Lipinski definition) is 2. The maximum absolute atomic E-state index is 13.4. The summed E-state index contributed by atoms with van der Waals surface area (Å²) in [4.78, 5) is 0. The van der Waals surface area contributed by atoms with Crippen LogP contribution in [0.2, 0.25) is 0 Å². The van der Waals surface area contributed by atoms with Gasteiger partial charge in [-0.3, -0.25) is 0 Å². The quantitative estimate of drug-likeness (QED) is 0.894. The third-order valence-corrected chi connectivity index (χ3v) is 2.60. The summed E-state index contributed by atoms with van der Waals surface area (Å²) in [5.74, 6) is -0.412. The minimum absolute atomic E-state index is 0.0281. The highest BCUT2D eigenvalue weighted by Gasteiger charge is 2.07. The lowest BCUT2D eigenvalue weighted by Crippen LogP contribution is -2.04. The Morgan fingerprint density at radius 2 is 1.72 bits per heavy atom. The van der Waals surface area contributed by atoms with E-state index >= 15 is 0 Å². The van der Waals surface area contributed by atoms with Crippen molar-refractivity contribution in [2.75, 3.05) is 12.4 Å². The number of anilines is 1. The molecule has 0 saturated heterocycles. The van der Waals surface area contributed by atoms with E-state index in [4.69, 9.17) is 4.74 Å². The van der Waals surface area contributed by atoms with Crippen LogP contribution in [0.1, 0.15) is 5.56 Å². The van der Waals surface area contributed by atoms with E-state index in [0.717, 1.165) is 5.69 Å². The first-order valence-electron chi connectivity index (χ1n) is 5.51. The summed E-state index contributed by atoms with van der Waals surface area (Å²) < 4.78 is 31.9. The van der Waals surface area contributed by atoms with Crippen LogP contribution in [0.3, 0.4) is 0 Å². The third-order valence-electron chi connectivity index (χ3n) is 2.60. The first-order chi connectivity index (χ1) is 8.70. The fourth-order valence-corrected chi connectivity index (χ4v) is 1.62. The summed E-state index contributed by atoms with van der Waals surface area (Å²) in [6.45, 7) is 0.0890. The van der Waals surface area contributed by atoms with Gasteiger partial charge in [0.1, 0.15) is 17.4 Å². The van der Waals surface area contributed by atoms with Crippen LogP contribution in [0, 0.1) is 11.6 Å². The van der Waals surface area contributed by atoms with E-state index in [1.54, 1.807) is 31.4 Å². The van der Waals surface area contributed by atoms with Crippen LogP contribution in [-0.4, -0.2) is 7.11 Å². The number of methoxy groups -OCH3 is 1. The zero-order chi connectivity index (χ0) is 13.0. The van der Waals surface area contributed by atoms with E-state index in [1.165, 1.54) is 18.2 Å². The van der Waals surface area contributed by atoms with Gasteiger partial charge in [-0.05, 0) is 24.3 Å². The summed E-state index contributed by atoms with van der Waals surface area (Å²) in [6.07, 6.45) is 0. The first kappa shape index (κ1) is 12.4. The van der Waals surface area contributed by atoms with E-state index in [1.807, 2.05) is 0 Å². The Labute approximate surface area is 104 Å². The van der Waals surface area contributed by atoms with Crippen LogP contribution in [0.15, 0.2) is 42.5 Å². The number of benzene rings is 2. The highest BCUT2D eigenvalue weighted by atomic mass is 19.1. The Morgan fingerprint density at radius 1 is 1.06 bits per heavy atom. The van der Waals surface area contributed by atoms with Crippen LogP contribution >= 0.6 is 0 Å². The number of nitrogens with one attached hydrogen (secondary N) is 1. The summed E-state index contributed by atoms with van der Waals surface area (Å²) in [5, 5.41) is 2.96. The van der Waals surface area contributed by atoms with Crippen molar-refractivity contribution >= 4 is 5.69 Å². The molecule has 0 aliphatic heterocycles. The number of hydrogen-bond donors (Lipinski definition) is 1. The van der Waals surface area contributed by atoms with E-state index in [9.17, 15) is 8.78 Å². The maximum Gasteiger partial charge on any atom is 0.131 e. The van der Waals surface area contributed by atoms with Crippen LogP contribution in [0.25, 0.3) is 0 Å². The summed E-state index contributed by atoms with van der Waals surface area (Å²) in [7, 11) is 1.57. The van der Waals surface area contributed by atoms with Crippen molar-refractivity contribution in [3.05, 3.63) is 59.7 Å². The summed E-state index contributed by atoms with van der Waals surface area (Å²) >= 11 is 0. The molecule has 0 aromatic heterocycles. The molecule has 2 aromatic carbocycles. The minimum atomic E-state index is -0.551. The molecule has 94 valence electrons. The van der Waals surface area contributed by atoms with Crippen molar-refractivity contribution in [3.63, 3.8) is 0 Å². The molecule has 0 saturated carbocycles. The van der Waals surface area contributed by atoms with Gasteiger partial charge in [-0.25, -0.2) is 8.78 Å². The van der Waals surface area contributed by atoms with Gasteiger partial charge in [0.2, 0.25) is 0 Å². The highest BCUT2D eigenvalue weighted by molar-refractivity contribution is 5.48. The molecule has 0 bridgehead atoms. The second-order valence-corrected chi connectivity index (χ2v) is 3.79. The van der Waals surface area contributed by atoms with Gasteiger partial charge < -0.3 is 10.1 Å². The van der Waals surface area contributed by atoms with Crippen molar-refractivity contribution in [3.8, 4) is 5.75 Å². The number of ether oxygens (including phenoxy) is 1. The Morgan fingerprint density at radius 3 is 2.39 bits per heavy atom. The van der Waals surface area contributed by atoms with Crippen LogP contribution in [-0.2, 0) is 6.54 Å². The molecule has 0 atom stereocenters. The smallest absolute Gasteiger partial charge is 0.131 e. The normalized spacial score (nSPS) is 10.2. The number of rotatable bonds is 4. The Bertz CT molecular complexity index is 523. The zero-order valence-electron chi connectivity index (χ0n) is 9.91. The van der Waals surface area contributed by atoms with Gasteiger partial charge in [0.05, 0.1) is 7.11 Å². The van der Waals surface area contributed by atoms with Gasteiger partial charge in [0.15, 0.2) is 0 Å². The zero-order valence-corrected chi connectivity index (χ0v) is 9.91. The Hall–Kier alpha value is -2.10. The lowest BCUT2D eigenvalue weighted by molar-refractivity contribution is 0.415. The first-order valence-corrected chi connectivity index (χ1v) is 5.51. The fourth-order valence-electron chi connectivity index (χ4n) is 1.62. The molecule has 4 heteroatoms. The van der Waals surface area contributed by atoms with E-state index in [0.29, 0.717) is 5.75 Å². The molecule has 0 amide bonds. The van der Waals surface area contributed by atoms with Gasteiger partial charge in [-0.2, -0.15) is 0 Å². The second kappa shape index (κ2) is 5.49. The molecule has 2 rings (SSSR count). The fraction of sp³-hybridized carbons (Fsp3) is 0.143. The van der Waals surface area contributed by atoms with Crippen molar-refractivity contribution in [2.45, 2.75) is 6.54 Å². The van der Waals surface area contributed by atoms with Crippen molar-refractivity contribution in [1.29, 1.82) is 0 Å². The monoisotopic (exact) mass is 249 g/mol. The molecule has 0 radical (unpaired) electrons. The summed E-state index contributed by atoms with van der Waals surface area (Å²) in [6, 6.07) is 11.0. The Balaban J connectivity index is 2.11. The topological polar surface area (TPSA) is 21.3 Å². The lowest BCUT2D eigenvalue weighted by atomic mass is 10.2.